The van der Waals surface area contributed by atoms with Crippen molar-refractivity contribution in [2.75, 3.05) is 6.61 Å². The number of rotatable bonds is 5. The molecule has 18 heavy (non-hydrogen) atoms. The van der Waals surface area contributed by atoms with Crippen LogP contribution in [0.4, 0.5) is 0 Å². The molecule has 0 fully saturated rings. The molecule has 0 radical (unpaired) electrons. The minimum Gasteiger partial charge on any atom is -0.462 e. The van der Waals surface area contributed by atoms with Gasteiger partial charge in [-0.05, 0) is 12.0 Å². The predicted octanol–water partition coefficient (Wildman–Crippen LogP) is 2.52. The summed E-state index contributed by atoms with van der Waals surface area (Å²) in [6.45, 7) is 2.22. The molecule has 0 saturated carbocycles. The van der Waals surface area contributed by atoms with Crippen molar-refractivity contribution >= 4 is 11.7 Å². The summed E-state index contributed by atoms with van der Waals surface area (Å²) in [6.07, 6.45) is 1.79. The van der Waals surface area contributed by atoms with Gasteiger partial charge in [-0.2, -0.15) is 0 Å². The zero-order valence-electron chi connectivity index (χ0n) is 10.5. The highest BCUT2D eigenvalue weighted by molar-refractivity contribution is 6.01. The highest BCUT2D eigenvalue weighted by Gasteiger charge is 2.23. The SMILES string of the molecule is CCCC(=O)OC[C@H]1CC(c2ccccc2)=NO1. The number of hydrogen-bond donors (Lipinski definition) is 0. The summed E-state index contributed by atoms with van der Waals surface area (Å²) in [7, 11) is 0. The highest BCUT2D eigenvalue weighted by atomic mass is 16.7. The molecule has 4 nitrogen and oxygen atoms in total. The van der Waals surface area contributed by atoms with E-state index in [0.717, 1.165) is 17.7 Å². The smallest absolute Gasteiger partial charge is 0.305 e. The number of benzene rings is 1. The molecule has 0 amide bonds. The van der Waals surface area contributed by atoms with Gasteiger partial charge in [-0.1, -0.05) is 42.4 Å². The molecule has 0 spiro atoms. The summed E-state index contributed by atoms with van der Waals surface area (Å²) >= 11 is 0. The second-order valence-corrected chi connectivity index (χ2v) is 4.27. The third-order valence-corrected chi connectivity index (χ3v) is 2.72. The maximum atomic E-state index is 11.2. The molecule has 1 aromatic carbocycles. The lowest BCUT2D eigenvalue weighted by atomic mass is 10.1. The second-order valence-electron chi connectivity index (χ2n) is 4.27. The van der Waals surface area contributed by atoms with E-state index in [1.54, 1.807) is 0 Å². The monoisotopic (exact) mass is 247 g/mol. The molecule has 1 aliphatic heterocycles. The van der Waals surface area contributed by atoms with Gasteiger partial charge in [0.1, 0.15) is 6.61 Å². The number of oxime groups is 1. The fourth-order valence-corrected chi connectivity index (χ4v) is 1.78. The quantitative estimate of drug-likeness (QED) is 0.751. The van der Waals surface area contributed by atoms with Gasteiger partial charge in [-0.3, -0.25) is 4.79 Å². The Hall–Kier alpha value is -1.84. The molecule has 2 rings (SSSR count). The van der Waals surface area contributed by atoms with Gasteiger partial charge in [-0.25, -0.2) is 0 Å². The molecule has 0 unspecified atom stereocenters. The van der Waals surface area contributed by atoms with Crippen molar-refractivity contribution in [1.29, 1.82) is 0 Å². The maximum absolute atomic E-state index is 11.2. The van der Waals surface area contributed by atoms with Crippen LogP contribution < -0.4 is 0 Å². The third kappa shape index (κ3) is 3.32. The first kappa shape index (κ1) is 12.6. The Morgan fingerprint density at radius 2 is 2.22 bits per heavy atom. The van der Waals surface area contributed by atoms with Crippen LogP contribution in [-0.2, 0) is 14.4 Å². The first-order chi connectivity index (χ1) is 8.79. The average molecular weight is 247 g/mol. The van der Waals surface area contributed by atoms with Crippen molar-refractivity contribution in [3.63, 3.8) is 0 Å². The van der Waals surface area contributed by atoms with Gasteiger partial charge in [-0.15, -0.1) is 0 Å². The van der Waals surface area contributed by atoms with Gasteiger partial charge in [0.2, 0.25) is 0 Å². The summed E-state index contributed by atoms with van der Waals surface area (Å²) in [4.78, 5) is 16.5. The molecule has 96 valence electrons. The molecule has 0 aromatic heterocycles. The highest BCUT2D eigenvalue weighted by Crippen LogP contribution is 2.16. The summed E-state index contributed by atoms with van der Waals surface area (Å²) in [6, 6.07) is 9.88. The number of carbonyl (C=O) groups is 1. The minimum atomic E-state index is -0.172. The first-order valence-electron chi connectivity index (χ1n) is 6.23. The summed E-state index contributed by atoms with van der Waals surface area (Å²) in [5, 5.41) is 4.04. The van der Waals surface area contributed by atoms with Crippen molar-refractivity contribution in [3.8, 4) is 0 Å². The standard InChI is InChI=1S/C14H17NO3/c1-2-6-14(16)17-10-12-9-13(15-18-12)11-7-4-3-5-8-11/h3-5,7-8,12H,2,6,9-10H2,1H3/t12-/m1/s1. The van der Waals surface area contributed by atoms with E-state index in [4.69, 9.17) is 9.57 Å². The summed E-state index contributed by atoms with van der Waals surface area (Å²) in [5.41, 5.74) is 1.96. The van der Waals surface area contributed by atoms with E-state index < -0.39 is 0 Å². The zero-order valence-corrected chi connectivity index (χ0v) is 10.5. The van der Waals surface area contributed by atoms with Gasteiger partial charge >= 0.3 is 5.97 Å². The molecular formula is C14H17NO3. The first-order valence-corrected chi connectivity index (χ1v) is 6.23. The van der Waals surface area contributed by atoms with Crippen LogP contribution in [-0.4, -0.2) is 24.4 Å². The molecular weight excluding hydrogens is 230 g/mol. The number of esters is 1. The van der Waals surface area contributed by atoms with Gasteiger partial charge in [0, 0.05) is 12.8 Å². The fraction of sp³-hybridized carbons (Fsp3) is 0.429. The van der Waals surface area contributed by atoms with Crippen LogP contribution in [0.2, 0.25) is 0 Å². The van der Waals surface area contributed by atoms with E-state index in [-0.39, 0.29) is 18.7 Å². The zero-order chi connectivity index (χ0) is 12.8. The largest absolute Gasteiger partial charge is 0.462 e. The molecule has 1 atom stereocenters. The van der Waals surface area contributed by atoms with Crippen LogP contribution in [0.3, 0.4) is 0 Å². The van der Waals surface area contributed by atoms with E-state index in [1.807, 2.05) is 37.3 Å². The summed E-state index contributed by atoms with van der Waals surface area (Å²) < 4.78 is 5.11. The molecule has 1 aromatic rings. The van der Waals surface area contributed by atoms with Crippen molar-refractivity contribution in [2.24, 2.45) is 5.16 Å². The van der Waals surface area contributed by atoms with Gasteiger partial charge < -0.3 is 9.57 Å². The van der Waals surface area contributed by atoms with E-state index >= 15 is 0 Å². The van der Waals surface area contributed by atoms with Crippen molar-refractivity contribution in [3.05, 3.63) is 35.9 Å². The molecule has 4 heteroatoms. The lowest BCUT2D eigenvalue weighted by Crippen LogP contribution is -2.19. The topological polar surface area (TPSA) is 47.9 Å². The lowest BCUT2D eigenvalue weighted by molar-refractivity contribution is -0.147. The minimum absolute atomic E-state index is 0.152. The van der Waals surface area contributed by atoms with Crippen LogP contribution in [0.15, 0.2) is 35.5 Å². The van der Waals surface area contributed by atoms with E-state index in [0.29, 0.717) is 12.8 Å². The maximum Gasteiger partial charge on any atom is 0.305 e. The number of ether oxygens (including phenoxy) is 1. The van der Waals surface area contributed by atoms with Crippen molar-refractivity contribution in [2.45, 2.75) is 32.3 Å². The predicted molar refractivity (Wildman–Crippen MR) is 68.3 cm³/mol. The molecule has 0 saturated heterocycles. The number of carbonyl (C=O) groups excluding carboxylic acids is 1. The van der Waals surface area contributed by atoms with E-state index in [1.165, 1.54) is 0 Å². The van der Waals surface area contributed by atoms with Crippen LogP contribution in [0.1, 0.15) is 31.7 Å². The molecule has 0 bridgehead atoms. The fourth-order valence-electron chi connectivity index (χ4n) is 1.78. The normalized spacial score (nSPS) is 18.1. The molecule has 0 aliphatic carbocycles. The Kier molecular flexibility index (Phi) is 4.34. The van der Waals surface area contributed by atoms with Crippen molar-refractivity contribution < 1.29 is 14.4 Å². The number of nitrogens with zero attached hydrogens (tertiary/aromatic N) is 1. The van der Waals surface area contributed by atoms with Gasteiger partial charge in [0.25, 0.3) is 0 Å². The van der Waals surface area contributed by atoms with Crippen molar-refractivity contribution in [1.82, 2.24) is 0 Å². The Balaban J connectivity index is 1.79. The summed E-state index contributed by atoms with van der Waals surface area (Å²) in [5.74, 6) is -0.172. The second kappa shape index (κ2) is 6.19. The Morgan fingerprint density at radius 3 is 2.94 bits per heavy atom. The Morgan fingerprint density at radius 1 is 1.44 bits per heavy atom. The molecule has 0 N–H and O–H groups in total. The van der Waals surface area contributed by atoms with Crippen LogP contribution in [0, 0.1) is 0 Å². The van der Waals surface area contributed by atoms with E-state index in [2.05, 4.69) is 5.16 Å². The van der Waals surface area contributed by atoms with Crippen LogP contribution in [0.5, 0.6) is 0 Å². The van der Waals surface area contributed by atoms with Crippen LogP contribution in [0.25, 0.3) is 0 Å². The average Bonchev–Trinajstić information content (AvgIpc) is 2.87. The number of hydrogen-bond acceptors (Lipinski definition) is 4. The third-order valence-electron chi connectivity index (χ3n) is 2.72. The Labute approximate surface area is 107 Å². The van der Waals surface area contributed by atoms with Crippen LogP contribution >= 0.6 is 0 Å². The lowest BCUT2D eigenvalue weighted by Gasteiger charge is -2.08. The Bertz CT molecular complexity index is 428. The molecule has 1 heterocycles. The van der Waals surface area contributed by atoms with Gasteiger partial charge in [0.05, 0.1) is 5.71 Å². The molecule has 1 aliphatic rings. The van der Waals surface area contributed by atoms with E-state index in [9.17, 15) is 4.79 Å². The van der Waals surface area contributed by atoms with Gasteiger partial charge in [0.15, 0.2) is 6.10 Å².